The normalized spacial score (nSPS) is 12.2. The van der Waals surface area contributed by atoms with E-state index in [-0.39, 0.29) is 17.4 Å². The highest BCUT2D eigenvalue weighted by Crippen LogP contribution is 2.10. The fourth-order valence-corrected chi connectivity index (χ4v) is 1.87. The molecule has 0 bridgehead atoms. The Bertz CT molecular complexity index is 636. The molecule has 1 rings (SSSR count). The van der Waals surface area contributed by atoms with Gasteiger partial charge in [0.15, 0.2) is 5.56 Å². The molecular weight excluding hydrogens is 258 g/mol. The van der Waals surface area contributed by atoms with Crippen molar-refractivity contribution in [1.82, 2.24) is 14.0 Å². The lowest BCUT2D eigenvalue weighted by Crippen LogP contribution is -2.40. The van der Waals surface area contributed by atoms with Gasteiger partial charge < -0.3 is 10.2 Å². The summed E-state index contributed by atoms with van der Waals surface area (Å²) >= 11 is 0. The molecule has 0 aliphatic rings. The molecule has 0 aromatic carbocycles. The maximum absolute atomic E-state index is 11.9. The maximum Gasteiger partial charge on any atom is 0.332 e. The number of hydrogen-bond acceptors (Lipinski definition) is 5. The molecule has 0 aliphatic heterocycles. The molecule has 1 unspecified atom stereocenters. The third-order valence-corrected chi connectivity index (χ3v) is 3.17. The SMILES string of the molecule is CC(CCN(C)C)Nc1c(C#N)c(=O)n(C)c(=O)n1C. The minimum Gasteiger partial charge on any atom is -0.368 e. The molecule has 7 heteroatoms. The van der Waals surface area contributed by atoms with Crippen molar-refractivity contribution in [2.45, 2.75) is 19.4 Å². The summed E-state index contributed by atoms with van der Waals surface area (Å²) in [6.45, 7) is 2.82. The Balaban J connectivity index is 3.16. The topological polar surface area (TPSA) is 83.1 Å². The van der Waals surface area contributed by atoms with Gasteiger partial charge in [0.25, 0.3) is 5.56 Å². The summed E-state index contributed by atoms with van der Waals surface area (Å²) in [5, 5.41) is 12.2. The summed E-state index contributed by atoms with van der Waals surface area (Å²) in [7, 11) is 6.86. The first-order chi connectivity index (χ1) is 9.29. The summed E-state index contributed by atoms with van der Waals surface area (Å²) < 4.78 is 2.24. The Morgan fingerprint density at radius 1 is 1.30 bits per heavy atom. The predicted molar refractivity (Wildman–Crippen MR) is 77.9 cm³/mol. The van der Waals surface area contributed by atoms with Crippen molar-refractivity contribution < 1.29 is 0 Å². The monoisotopic (exact) mass is 279 g/mol. The number of rotatable bonds is 5. The second-order valence-electron chi connectivity index (χ2n) is 5.18. The lowest BCUT2D eigenvalue weighted by molar-refractivity contribution is 0.390. The Morgan fingerprint density at radius 2 is 1.90 bits per heavy atom. The lowest BCUT2D eigenvalue weighted by atomic mass is 10.2. The molecule has 1 N–H and O–H groups in total. The highest BCUT2D eigenvalue weighted by molar-refractivity contribution is 5.51. The van der Waals surface area contributed by atoms with E-state index in [0.717, 1.165) is 17.5 Å². The molecular formula is C13H21N5O2. The van der Waals surface area contributed by atoms with Gasteiger partial charge in [0.2, 0.25) is 0 Å². The zero-order valence-electron chi connectivity index (χ0n) is 12.6. The van der Waals surface area contributed by atoms with Crippen molar-refractivity contribution in [3.8, 4) is 6.07 Å². The van der Waals surface area contributed by atoms with Crippen molar-refractivity contribution in [1.29, 1.82) is 5.26 Å². The van der Waals surface area contributed by atoms with Crippen molar-refractivity contribution in [3.63, 3.8) is 0 Å². The first kappa shape index (κ1) is 16.0. The van der Waals surface area contributed by atoms with Crippen LogP contribution in [-0.4, -0.2) is 40.7 Å². The fraction of sp³-hybridized carbons (Fsp3) is 0.615. The molecule has 1 atom stereocenters. The highest BCUT2D eigenvalue weighted by atomic mass is 16.2. The van der Waals surface area contributed by atoms with Gasteiger partial charge in [-0.15, -0.1) is 0 Å². The van der Waals surface area contributed by atoms with E-state index in [4.69, 9.17) is 5.26 Å². The van der Waals surface area contributed by atoms with Crippen LogP contribution in [0.15, 0.2) is 9.59 Å². The van der Waals surface area contributed by atoms with Crippen LogP contribution in [0.4, 0.5) is 5.82 Å². The Labute approximate surface area is 118 Å². The maximum atomic E-state index is 11.9. The van der Waals surface area contributed by atoms with Gasteiger partial charge in [-0.3, -0.25) is 13.9 Å². The number of hydrogen-bond donors (Lipinski definition) is 1. The zero-order chi connectivity index (χ0) is 15.4. The van der Waals surface area contributed by atoms with Crippen LogP contribution in [0.5, 0.6) is 0 Å². The predicted octanol–water partition coefficient (Wildman–Crippen LogP) is -0.292. The fourth-order valence-electron chi connectivity index (χ4n) is 1.87. The number of nitrogens with zero attached hydrogens (tertiary/aromatic N) is 4. The Kier molecular flexibility index (Phi) is 5.11. The summed E-state index contributed by atoms with van der Waals surface area (Å²) in [4.78, 5) is 25.9. The van der Waals surface area contributed by atoms with Crippen LogP contribution in [0, 0.1) is 11.3 Å². The number of nitriles is 1. The molecule has 0 aliphatic carbocycles. The van der Waals surface area contributed by atoms with Crippen molar-refractivity contribution in [2.75, 3.05) is 26.0 Å². The van der Waals surface area contributed by atoms with Gasteiger partial charge in [0, 0.05) is 20.1 Å². The van der Waals surface area contributed by atoms with Crippen LogP contribution >= 0.6 is 0 Å². The molecule has 1 heterocycles. The second-order valence-corrected chi connectivity index (χ2v) is 5.18. The number of nitrogens with one attached hydrogen (secondary N) is 1. The summed E-state index contributed by atoms with van der Waals surface area (Å²) in [5.41, 5.74) is -1.06. The van der Waals surface area contributed by atoms with Gasteiger partial charge in [-0.2, -0.15) is 5.26 Å². The largest absolute Gasteiger partial charge is 0.368 e. The summed E-state index contributed by atoms with van der Waals surface area (Å²) in [6, 6.07) is 1.92. The molecule has 0 saturated heterocycles. The zero-order valence-corrected chi connectivity index (χ0v) is 12.6. The molecule has 110 valence electrons. The van der Waals surface area contributed by atoms with Crippen LogP contribution < -0.4 is 16.6 Å². The van der Waals surface area contributed by atoms with Gasteiger partial charge in [-0.05, 0) is 34.0 Å². The van der Waals surface area contributed by atoms with E-state index in [2.05, 4.69) is 5.32 Å². The van der Waals surface area contributed by atoms with E-state index in [1.54, 1.807) is 7.05 Å². The Morgan fingerprint density at radius 3 is 2.40 bits per heavy atom. The van der Waals surface area contributed by atoms with Gasteiger partial charge in [-0.25, -0.2) is 4.79 Å². The highest BCUT2D eigenvalue weighted by Gasteiger charge is 2.16. The minimum absolute atomic E-state index is 0.0358. The number of aromatic nitrogens is 2. The van der Waals surface area contributed by atoms with Gasteiger partial charge in [0.1, 0.15) is 11.9 Å². The lowest BCUT2D eigenvalue weighted by Gasteiger charge is -2.20. The molecule has 20 heavy (non-hydrogen) atoms. The van der Waals surface area contributed by atoms with Gasteiger partial charge in [-0.1, -0.05) is 0 Å². The molecule has 7 nitrogen and oxygen atoms in total. The Hall–Kier alpha value is -2.07. The van der Waals surface area contributed by atoms with E-state index in [1.165, 1.54) is 11.6 Å². The number of anilines is 1. The molecule has 0 amide bonds. The van der Waals surface area contributed by atoms with E-state index in [1.807, 2.05) is 32.0 Å². The van der Waals surface area contributed by atoms with Crippen LogP contribution in [0.25, 0.3) is 0 Å². The molecule has 0 radical (unpaired) electrons. The third-order valence-electron chi connectivity index (χ3n) is 3.17. The molecule has 0 fully saturated rings. The van der Waals surface area contributed by atoms with E-state index in [0.29, 0.717) is 0 Å². The first-order valence-corrected chi connectivity index (χ1v) is 6.41. The van der Waals surface area contributed by atoms with Gasteiger partial charge in [0.05, 0.1) is 0 Å². The van der Waals surface area contributed by atoms with Crippen LogP contribution in [0.1, 0.15) is 18.9 Å². The average molecular weight is 279 g/mol. The van der Waals surface area contributed by atoms with E-state index >= 15 is 0 Å². The third kappa shape index (κ3) is 3.27. The van der Waals surface area contributed by atoms with Crippen LogP contribution in [0.3, 0.4) is 0 Å². The van der Waals surface area contributed by atoms with Crippen molar-refractivity contribution in [3.05, 3.63) is 26.4 Å². The van der Waals surface area contributed by atoms with E-state index < -0.39 is 11.2 Å². The van der Waals surface area contributed by atoms with Crippen molar-refractivity contribution >= 4 is 5.82 Å². The smallest absolute Gasteiger partial charge is 0.332 e. The minimum atomic E-state index is -0.571. The molecule has 1 aromatic heterocycles. The van der Waals surface area contributed by atoms with Crippen LogP contribution in [0.2, 0.25) is 0 Å². The molecule has 1 aromatic rings. The molecule has 0 saturated carbocycles. The van der Waals surface area contributed by atoms with Crippen molar-refractivity contribution in [2.24, 2.45) is 14.1 Å². The van der Waals surface area contributed by atoms with E-state index in [9.17, 15) is 9.59 Å². The van der Waals surface area contributed by atoms with Crippen LogP contribution in [-0.2, 0) is 14.1 Å². The summed E-state index contributed by atoms with van der Waals surface area (Å²) in [6.07, 6.45) is 0.835. The molecule has 0 spiro atoms. The average Bonchev–Trinajstić information content (AvgIpc) is 2.40. The standard InChI is InChI=1S/C13H21N5O2/c1-9(6-7-16(2)3)15-11-10(8-14)12(19)18(5)13(20)17(11)4/h9,15H,6-7H2,1-5H3. The summed E-state index contributed by atoms with van der Waals surface area (Å²) in [5.74, 6) is 0.284. The van der Waals surface area contributed by atoms with Gasteiger partial charge >= 0.3 is 5.69 Å². The quantitative estimate of drug-likeness (QED) is 0.800. The second kappa shape index (κ2) is 6.39. The first-order valence-electron chi connectivity index (χ1n) is 6.41.